The van der Waals surface area contributed by atoms with Gasteiger partial charge < -0.3 is 15.5 Å². The van der Waals surface area contributed by atoms with Gasteiger partial charge in [0.1, 0.15) is 6.04 Å². The van der Waals surface area contributed by atoms with Crippen LogP contribution in [-0.2, 0) is 9.59 Å². The third-order valence-electron chi connectivity index (χ3n) is 3.13. The van der Waals surface area contributed by atoms with E-state index in [9.17, 15) is 9.59 Å². The highest BCUT2D eigenvalue weighted by Crippen LogP contribution is 2.05. The van der Waals surface area contributed by atoms with Crippen molar-refractivity contribution in [1.29, 1.82) is 0 Å². The van der Waals surface area contributed by atoms with Crippen molar-refractivity contribution in [3.63, 3.8) is 0 Å². The maximum absolute atomic E-state index is 12.1. The molecule has 0 radical (unpaired) electrons. The molecule has 0 bridgehead atoms. The summed E-state index contributed by atoms with van der Waals surface area (Å²) in [5.41, 5.74) is 0. The van der Waals surface area contributed by atoms with Gasteiger partial charge in [0, 0.05) is 40.3 Å². The quantitative estimate of drug-likeness (QED) is 0.681. The Morgan fingerprint density at radius 1 is 1.42 bits per heavy atom. The fourth-order valence-electron chi connectivity index (χ4n) is 2.04. The largest absolute Gasteiger partial charge is 0.355 e. The molecule has 0 saturated carbocycles. The maximum Gasteiger partial charge on any atom is 0.240 e. The van der Waals surface area contributed by atoms with Crippen LogP contribution < -0.4 is 10.6 Å². The SMILES string of the molecule is CC(C)CNC(=O)CN1CCNCC1C(=O)N(C)C. The molecule has 0 aromatic heterocycles. The summed E-state index contributed by atoms with van der Waals surface area (Å²) in [7, 11) is 3.49. The van der Waals surface area contributed by atoms with E-state index in [0.29, 0.717) is 25.6 Å². The van der Waals surface area contributed by atoms with Gasteiger partial charge in [-0.25, -0.2) is 0 Å². The van der Waals surface area contributed by atoms with Gasteiger partial charge in [-0.3, -0.25) is 14.5 Å². The molecule has 0 aromatic rings. The summed E-state index contributed by atoms with van der Waals surface area (Å²) in [4.78, 5) is 27.5. The van der Waals surface area contributed by atoms with E-state index in [-0.39, 0.29) is 17.9 Å². The Labute approximate surface area is 115 Å². The van der Waals surface area contributed by atoms with E-state index in [1.165, 1.54) is 0 Å². The number of carbonyl (C=O) groups is 2. The molecule has 1 rings (SSSR count). The lowest BCUT2D eigenvalue weighted by Crippen LogP contribution is -2.59. The molecule has 1 aliphatic rings. The molecule has 0 spiro atoms. The van der Waals surface area contributed by atoms with Gasteiger partial charge in [-0.2, -0.15) is 0 Å². The number of piperazine rings is 1. The number of rotatable bonds is 5. The van der Waals surface area contributed by atoms with Crippen LogP contribution in [0.15, 0.2) is 0 Å². The van der Waals surface area contributed by atoms with Crippen molar-refractivity contribution >= 4 is 11.8 Å². The summed E-state index contributed by atoms with van der Waals surface area (Å²) >= 11 is 0. The molecule has 6 nitrogen and oxygen atoms in total. The normalized spacial score (nSPS) is 20.4. The molecular weight excluding hydrogens is 244 g/mol. The predicted molar refractivity (Wildman–Crippen MR) is 74.8 cm³/mol. The molecule has 1 atom stereocenters. The van der Waals surface area contributed by atoms with Crippen molar-refractivity contribution in [3.8, 4) is 0 Å². The Balaban J connectivity index is 2.52. The molecule has 0 aliphatic carbocycles. The van der Waals surface area contributed by atoms with Gasteiger partial charge in [-0.15, -0.1) is 0 Å². The van der Waals surface area contributed by atoms with Crippen LogP contribution in [-0.4, -0.2) is 74.5 Å². The van der Waals surface area contributed by atoms with E-state index < -0.39 is 0 Å². The van der Waals surface area contributed by atoms with Gasteiger partial charge in [0.05, 0.1) is 6.54 Å². The average Bonchev–Trinajstić information content (AvgIpc) is 2.36. The minimum atomic E-state index is -0.242. The van der Waals surface area contributed by atoms with Gasteiger partial charge in [-0.1, -0.05) is 13.8 Å². The van der Waals surface area contributed by atoms with Crippen molar-refractivity contribution in [2.24, 2.45) is 5.92 Å². The first-order chi connectivity index (χ1) is 8.91. The molecular formula is C13H26N4O2. The Morgan fingerprint density at radius 2 is 2.11 bits per heavy atom. The highest BCUT2D eigenvalue weighted by molar-refractivity contribution is 5.83. The molecule has 1 heterocycles. The van der Waals surface area contributed by atoms with E-state index in [4.69, 9.17) is 0 Å². The molecule has 2 amide bonds. The lowest BCUT2D eigenvalue weighted by Gasteiger charge is -2.35. The highest BCUT2D eigenvalue weighted by Gasteiger charge is 2.30. The Hall–Kier alpha value is -1.14. The minimum absolute atomic E-state index is 0.00726. The highest BCUT2D eigenvalue weighted by atomic mass is 16.2. The van der Waals surface area contributed by atoms with Gasteiger partial charge in [0.2, 0.25) is 11.8 Å². The van der Waals surface area contributed by atoms with Crippen molar-refractivity contribution in [3.05, 3.63) is 0 Å². The summed E-state index contributed by atoms with van der Waals surface area (Å²) in [5, 5.41) is 6.10. The van der Waals surface area contributed by atoms with Gasteiger partial charge in [-0.05, 0) is 5.92 Å². The van der Waals surface area contributed by atoms with E-state index in [1.54, 1.807) is 19.0 Å². The molecule has 19 heavy (non-hydrogen) atoms. The smallest absolute Gasteiger partial charge is 0.240 e. The first kappa shape index (κ1) is 15.9. The van der Waals surface area contributed by atoms with Crippen molar-refractivity contribution in [2.45, 2.75) is 19.9 Å². The number of amides is 2. The third-order valence-corrected chi connectivity index (χ3v) is 3.13. The molecule has 2 N–H and O–H groups in total. The fourth-order valence-corrected chi connectivity index (χ4v) is 2.04. The van der Waals surface area contributed by atoms with Crippen molar-refractivity contribution in [1.82, 2.24) is 20.4 Å². The molecule has 6 heteroatoms. The number of hydrogen-bond acceptors (Lipinski definition) is 4. The molecule has 0 aromatic carbocycles. The summed E-state index contributed by atoms with van der Waals surface area (Å²) in [6.45, 7) is 7.23. The zero-order valence-corrected chi connectivity index (χ0v) is 12.4. The second-order valence-electron chi connectivity index (χ2n) is 5.62. The molecule has 110 valence electrons. The number of nitrogens with one attached hydrogen (secondary N) is 2. The molecule has 1 fully saturated rings. The van der Waals surface area contributed by atoms with Crippen molar-refractivity contribution in [2.75, 3.05) is 46.8 Å². The molecule has 1 aliphatic heterocycles. The second-order valence-corrected chi connectivity index (χ2v) is 5.62. The first-order valence-corrected chi connectivity index (χ1v) is 6.84. The minimum Gasteiger partial charge on any atom is -0.355 e. The van der Waals surface area contributed by atoms with Gasteiger partial charge in [0.25, 0.3) is 0 Å². The van der Waals surface area contributed by atoms with Gasteiger partial charge in [0.15, 0.2) is 0 Å². The summed E-state index contributed by atoms with van der Waals surface area (Å²) in [6, 6.07) is -0.242. The van der Waals surface area contributed by atoms with Crippen LogP contribution in [0.5, 0.6) is 0 Å². The zero-order chi connectivity index (χ0) is 14.4. The summed E-state index contributed by atoms with van der Waals surface area (Å²) in [5.74, 6) is 0.474. The lowest BCUT2D eigenvalue weighted by molar-refractivity contribution is -0.136. The fraction of sp³-hybridized carbons (Fsp3) is 0.846. The van der Waals surface area contributed by atoms with E-state index in [2.05, 4.69) is 24.5 Å². The van der Waals surface area contributed by atoms with Crippen LogP contribution in [0.1, 0.15) is 13.8 Å². The van der Waals surface area contributed by atoms with Crippen LogP contribution in [0.3, 0.4) is 0 Å². The predicted octanol–water partition coefficient (Wildman–Crippen LogP) is -0.879. The first-order valence-electron chi connectivity index (χ1n) is 6.84. The Morgan fingerprint density at radius 3 is 2.68 bits per heavy atom. The second kappa shape index (κ2) is 7.45. The summed E-state index contributed by atoms with van der Waals surface area (Å²) < 4.78 is 0. The maximum atomic E-state index is 12.1. The average molecular weight is 270 g/mol. The Bertz CT molecular complexity index is 318. The number of carbonyl (C=O) groups excluding carboxylic acids is 2. The van der Waals surface area contributed by atoms with Crippen molar-refractivity contribution < 1.29 is 9.59 Å². The third kappa shape index (κ3) is 5.16. The summed E-state index contributed by atoms with van der Waals surface area (Å²) in [6.07, 6.45) is 0. The van der Waals surface area contributed by atoms with Crippen LogP contribution >= 0.6 is 0 Å². The molecule has 1 unspecified atom stereocenters. The standard InChI is InChI=1S/C13H26N4O2/c1-10(2)7-15-12(18)9-17-6-5-14-8-11(17)13(19)16(3)4/h10-11,14H,5-9H2,1-4H3,(H,15,18). The topological polar surface area (TPSA) is 64.7 Å². The van der Waals surface area contributed by atoms with E-state index in [1.807, 2.05) is 4.90 Å². The van der Waals surface area contributed by atoms with E-state index in [0.717, 1.165) is 13.1 Å². The van der Waals surface area contributed by atoms with Crippen LogP contribution in [0.2, 0.25) is 0 Å². The van der Waals surface area contributed by atoms with E-state index >= 15 is 0 Å². The lowest BCUT2D eigenvalue weighted by atomic mass is 10.1. The number of hydrogen-bond donors (Lipinski definition) is 2. The number of likely N-dealkylation sites (N-methyl/N-ethyl adjacent to an activating group) is 1. The van der Waals surface area contributed by atoms with Crippen LogP contribution in [0.4, 0.5) is 0 Å². The number of nitrogens with zero attached hydrogens (tertiary/aromatic N) is 2. The molecule has 1 saturated heterocycles. The van der Waals surface area contributed by atoms with Crippen LogP contribution in [0, 0.1) is 5.92 Å². The Kier molecular flexibility index (Phi) is 6.24. The zero-order valence-electron chi connectivity index (χ0n) is 12.4. The van der Waals surface area contributed by atoms with Crippen LogP contribution in [0.25, 0.3) is 0 Å². The monoisotopic (exact) mass is 270 g/mol. The van der Waals surface area contributed by atoms with Gasteiger partial charge >= 0.3 is 0 Å².